The lowest BCUT2D eigenvalue weighted by Gasteiger charge is -2.38. The van der Waals surface area contributed by atoms with E-state index in [1.807, 2.05) is 0 Å². The second-order valence-electron chi connectivity index (χ2n) is 7.24. The molecule has 154 valence electrons. The number of likely N-dealkylation sites (tertiary alicyclic amines) is 1. The van der Waals surface area contributed by atoms with Crippen LogP contribution in [0.15, 0.2) is 17.0 Å². The van der Waals surface area contributed by atoms with Crippen molar-refractivity contribution in [3.63, 3.8) is 0 Å². The summed E-state index contributed by atoms with van der Waals surface area (Å²) in [6.45, 7) is 2.81. The van der Waals surface area contributed by atoms with Crippen LogP contribution in [0.3, 0.4) is 0 Å². The number of nitro groups is 1. The van der Waals surface area contributed by atoms with Crippen LogP contribution in [0.4, 0.5) is 5.69 Å². The van der Waals surface area contributed by atoms with E-state index in [4.69, 9.17) is 17.3 Å². The van der Waals surface area contributed by atoms with Crippen LogP contribution >= 0.6 is 11.6 Å². The molecule has 2 aliphatic rings. The summed E-state index contributed by atoms with van der Waals surface area (Å²) in [6, 6.07) is 2.13. The molecule has 0 saturated carbocycles. The van der Waals surface area contributed by atoms with Crippen molar-refractivity contribution in [2.45, 2.75) is 49.6 Å². The van der Waals surface area contributed by atoms with Crippen molar-refractivity contribution in [1.29, 1.82) is 0 Å². The van der Waals surface area contributed by atoms with E-state index < -0.39 is 14.9 Å². The zero-order chi connectivity index (χ0) is 20.6. The lowest BCUT2D eigenvalue weighted by molar-refractivity contribution is -0.385. The summed E-state index contributed by atoms with van der Waals surface area (Å²) in [5, 5.41) is 11.2. The number of halogens is 1. The number of hydrogen-bond donors (Lipinski definition) is 1. The van der Waals surface area contributed by atoms with Gasteiger partial charge in [-0.1, -0.05) is 11.6 Å². The van der Waals surface area contributed by atoms with Gasteiger partial charge >= 0.3 is 0 Å². The first-order valence-electron chi connectivity index (χ1n) is 9.12. The molecule has 11 heteroatoms. The molecule has 0 aliphatic carbocycles. The van der Waals surface area contributed by atoms with E-state index >= 15 is 0 Å². The number of primary amides is 1. The molecule has 0 bridgehead atoms. The number of nitrogens with zero attached hydrogens (tertiary/aromatic N) is 3. The summed E-state index contributed by atoms with van der Waals surface area (Å²) in [5.41, 5.74) is 5.39. The minimum Gasteiger partial charge on any atom is -0.368 e. The third kappa shape index (κ3) is 3.86. The molecule has 2 aliphatic heterocycles. The summed E-state index contributed by atoms with van der Waals surface area (Å²) < 4.78 is 27.3. The van der Waals surface area contributed by atoms with Gasteiger partial charge in [0.05, 0.1) is 20.9 Å². The van der Waals surface area contributed by atoms with Crippen LogP contribution in [0.1, 0.15) is 31.2 Å². The Labute approximate surface area is 168 Å². The van der Waals surface area contributed by atoms with E-state index in [1.165, 1.54) is 17.3 Å². The van der Waals surface area contributed by atoms with Gasteiger partial charge in [-0.25, -0.2) is 8.42 Å². The molecule has 1 atom stereocenters. The molecular weight excluding hydrogens is 408 g/mol. The Bertz CT molecular complexity index is 899. The maximum absolute atomic E-state index is 13.0. The van der Waals surface area contributed by atoms with E-state index in [0.717, 1.165) is 25.5 Å². The molecule has 1 amide bonds. The summed E-state index contributed by atoms with van der Waals surface area (Å²) in [4.78, 5) is 24.1. The number of sulfonamides is 1. The molecule has 1 aromatic rings. The lowest BCUT2D eigenvalue weighted by atomic mass is 10.0. The Morgan fingerprint density at radius 2 is 1.89 bits per heavy atom. The molecule has 1 unspecified atom stereocenters. The van der Waals surface area contributed by atoms with Gasteiger partial charge in [0, 0.05) is 30.8 Å². The lowest BCUT2D eigenvalue weighted by Crippen LogP contribution is -2.51. The monoisotopic (exact) mass is 430 g/mol. The van der Waals surface area contributed by atoms with E-state index in [0.29, 0.717) is 12.8 Å². The normalized spacial score (nSPS) is 22.4. The molecule has 1 aromatic carbocycles. The quantitative estimate of drug-likeness (QED) is 0.559. The maximum Gasteiger partial charge on any atom is 0.275 e. The molecule has 0 spiro atoms. The smallest absolute Gasteiger partial charge is 0.275 e. The third-order valence-electron chi connectivity index (χ3n) is 5.64. The molecule has 2 fully saturated rings. The van der Waals surface area contributed by atoms with Crippen molar-refractivity contribution in [1.82, 2.24) is 9.21 Å². The number of nitrogens with two attached hydrogens (primary N) is 1. The number of rotatable bonds is 5. The van der Waals surface area contributed by atoms with Gasteiger partial charge in [-0.05, 0) is 45.2 Å². The molecule has 2 heterocycles. The van der Waals surface area contributed by atoms with Crippen LogP contribution in [-0.2, 0) is 14.8 Å². The Balaban J connectivity index is 1.77. The fourth-order valence-corrected chi connectivity index (χ4v) is 5.87. The van der Waals surface area contributed by atoms with Crippen molar-refractivity contribution >= 4 is 33.2 Å². The van der Waals surface area contributed by atoms with Gasteiger partial charge in [0.25, 0.3) is 5.69 Å². The number of carbonyl (C=O) groups excluding carboxylic acids is 1. The molecule has 28 heavy (non-hydrogen) atoms. The number of piperidine rings is 1. The summed E-state index contributed by atoms with van der Waals surface area (Å²) in [5.74, 6) is -0.339. The van der Waals surface area contributed by atoms with Gasteiger partial charge in [0.1, 0.15) is 0 Å². The summed E-state index contributed by atoms with van der Waals surface area (Å²) >= 11 is 6.03. The average molecular weight is 431 g/mol. The van der Waals surface area contributed by atoms with Crippen LogP contribution < -0.4 is 5.73 Å². The van der Waals surface area contributed by atoms with E-state index in [9.17, 15) is 23.3 Å². The predicted octanol–water partition coefficient (Wildman–Crippen LogP) is 1.66. The first-order valence-corrected chi connectivity index (χ1v) is 10.9. The van der Waals surface area contributed by atoms with Crippen molar-refractivity contribution in [3.05, 3.63) is 32.8 Å². The zero-order valence-corrected chi connectivity index (χ0v) is 17.1. The Morgan fingerprint density at radius 3 is 2.46 bits per heavy atom. The molecular formula is C17H23ClN4O5S. The van der Waals surface area contributed by atoms with Gasteiger partial charge in [0.2, 0.25) is 15.9 Å². The largest absolute Gasteiger partial charge is 0.368 e. The first kappa shape index (κ1) is 21.0. The minimum absolute atomic E-state index is 0.0454. The highest BCUT2D eigenvalue weighted by molar-refractivity contribution is 7.89. The van der Waals surface area contributed by atoms with Gasteiger partial charge in [-0.2, -0.15) is 4.31 Å². The number of hydrogen-bond acceptors (Lipinski definition) is 6. The van der Waals surface area contributed by atoms with Crippen molar-refractivity contribution in [2.75, 3.05) is 19.6 Å². The Hall–Kier alpha value is -1.75. The van der Waals surface area contributed by atoms with Crippen molar-refractivity contribution < 1.29 is 18.1 Å². The maximum atomic E-state index is 13.0. The summed E-state index contributed by atoms with van der Waals surface area (Å²) in [7, 11) is -3.90. The van der Waals surface area contributed by atoms with Gasteiger partial charge in [-0.15, -0.1) is 0 Å². The number of carbonyl (C=O) groups is 1. The predicted molar refractivity (Wildman–Crippen MR) is 104 cm³/mol. The molecule has 2 saturated heterocycles. The number of benzene rings is 1. The fraction of sp³-hybridized carbons (Fsp3) is 0.588. The Kier molecular flexibility index (Phi) is 5.95. The second-order valence-corrected chi connectivity index (χ2v) is 9.58. The third-order valence-corrected chi connectivity index (χ3v) is 7.91. The van der Waals surface area contributed by atoms with E-state index in [-0.39, 0.29) is 52.2 Å². The average Bonchev–Trinajstić information content (AvgIpc) is 3.13. The van der Waals surface area contributed by atoms with E-state index in [1.54, 1.807) is 0 Å². The van der Waals surface area contributed by atoms with Crippen LogP contribution in [-0.4, -0.2) is 60.2 Å². The SMILES string of the molecule is Cc1c(Cl)cc(S(=O)(=O)N2CCC(N3CCCC3C(N)=O)CC2)cc1[N+](=O)[O-]. The van der Waals surface area contributed by atoms with Gasteiger partial charge < -0.3 is 5.73 Å². The highest BCUT2D eigenvalue weighted by atomic mass is 35.5. The Morgan fingerprint density at radius 1 is 1.25 bits per heavy atom. The van der Waals surface area contributed by atoms with E-state index in [2.05, 4.69) is 4.90 Å². The highest BCUT2D eigenvalue weighted by Crippen LogP contribution is 2.33. The van der Waals surface area contributed by atoms with Gasteiger partial charge in [0.15, 0.2) is 0 Å². The number of nitro benzene ring substituents is 1. The molecule has 2 N–H and O–H groups in total. The van der Waals surface area contributed by atoms with Crippen LogP contribution in [0, 0.1) is 17.0 Å². The molecule has 0 aromatic heterocycles. The van der Waals surface area contributed by atoms with Crippen molar-refractivity contribution in [2.24, 2.45) is 5.73 Å². The second kappa shape index (κ2) is 7.94. The molecule has 3 rings (SSSR count). The van der Waals surface area contributed by atoms with Crippen LogP contribution in [0.2, 0.25) is 5.02 Å². The molecule has 0 radical (unpaired) electrons. The van der Waals surface area contributed by atoms with Crippen LogP contribution in [0.5, 0.6) is 0 Å². The van der Waals surface area contributed by atoms with Crippen LogP contribution in [0.25, 0.3) is 0 Å². The van der Waals surface area contributed by atoms with Crippen molar-refractivity contribution in [3.8, 4) is 0 Å². The molecule has 9 nitrogen and oxygen atoms in total. The standard InChI is InChI=1S/C17H23ClN4O5S/c1-11-14(18)9-13(10-16(11)22(24)25)28(26,27)20-7-4-12(5-8-20)21-6-2-3-15(21)17(19)23/h9-10,12,15H,2-8H2,1H3,(H2,19,23). The fourth-order valence-electron chi connectivity index (χ4n) is 4.07. The first-order chi connectivity index (χ1) is 13.1. The highest BCUT2D eigenvalue weighted by Gasteiger charge is 2.38. The zero-order valence-electron chi connectivity index (χ0n) is 15.5. The summed E-state index contributed by atoms with van der Waals surface area (Å²) in [6.07, 6.45) is 2.78. The minimum atomic E-state index is -3.90. The van der Waals surface area contributed by atoms with Gasteiger partial charge in [-0.3, -0.25) is 19.8 Å². The topological polar surface area (TPSA) is 127 Å². The number of amides is 1.